The smallest absolute Gasteiger partial charge is 0.301 e. The van der Waals surface area contributed by atoms with E-state index >= 15 is 0 Å². The molecule has 0 spiro atoms. The first-order valence-corrected chi connectivity index (χ1v) is 14.6. The highest BCUT2D eigenvalue weighted by Crippen LogP contribution is 2.45. The van der Waals surface area contributed by atoms with Crippen molar-refractivity contribution in [1.82, 2.24) is 10.2 Å². The van der Waals surface area contributed by atoms with E-state index in [2.05, 4.69) is 10.2 Å². The summed E-state index contributed by atoms with van der Waals surface area (Å²) >= 11 is 8.36. The van der Waals surface area contributed by atoms with Crippen LogP contribution < -0.4 is 14.4 Å². The third-order valence-corrected chi connectivity index (χ3v) is 8.63. The van der Waals surface area contributed by atoms with Crippen molar-refractivity contribution in [2.45, 2.75) is 23.1 Å². The molecule has 0 aliphatic carbocycles. The maximum absolute atomic E-state index is 14.1. The fraction of sp³-hybridized carbons (Fsp3) is 0.172. The van der Waals surface area contributed by atoms with E-state index < -0.39 is 17.7 Å². The molecule has 0 saturated carbocycles. The molecule has 12 heteroatoms. The number of carbonyl (C=O) groups is 2. The van der Waals surface area contributed by atoms with Gasteiger partial charge in [-0.25, -0.2) is 4.39 Å². The molecule has 41 heavy (non-hydrogen) atoms. The molecule has 4 aromatic rings. The highest BCUT2D eigenvalue weighted by atomic mass is 35.5. The number of benzene rings is 3. The molecular formula is C29H23ClFN3O5S2. The van der Waals surface area contributed by atoms with Crippen LogP contribution in [-0.2, 0) is 15.3 Å². The summed E-state index contributed by atoms with van der Waals surface area (Å²) < 4.78 is 25.7. The number of nitrogens with zero attached hydrogens (tertiary/aromatic N) is 3. The van der Waals surface area contributed by atoms with Crippen LogP contribution in [0.2, 0.25) is 5.02 Å². The minimum atomic E-state index is -1.05. The third kappa shape index (κ3) is 5.79. The van der Waals surface area contributed by atoms with Crippen LogP contribution in [-0.4, -0.2) is 40.7 Å². The molecule has 210 valence electrons. The van der Waals surface area contributed by atoms with E-state index in [4.69, 9.17) is 21.1 Å². The Balaban J connectivity index is 1.58. The van der Waals surface area contributed by atoms with Gasteiger partial charge in [-0.05, 0) is 60.5 Å². The van der Waals surface area contributed by atoms with Crippen LogP contribution in [0, 0.1) is 5.82 Å². The number of halogens is 2. The monoisotopic (exact) mass is 611 g/mol. The van der Waals surface area contributed by atoms with Gasteiger partial charge in [-0.15, -0.1) is 10.2 Å². The van der Waals surface area contributed by atoms with Gasteiger partial charge in [0, 0.05) is 16.3 Å². The van der Waals surface area contributed by atoms with Crippen molar-refractivity contribution in [3.63, 3.8) is 0 Å². The Morgan fingerprint density at radius 1 is 1.10 bits per heavy atom. The van der Waals surface area contributed by atoms with Crippen LogP contribution in [0.3, 0.4) is 0 Å². The van der Waals surface area contributed by atoms with E-state index in [0.29, 0.717) is 49.9 Å². The number of aliphatic hydroxyl groups is 1. The number of ketones is 1. The number of Topliss-reactive ketones (excluding diaryl/α,β-unsaturated/α-hetero) is 1. The first-order valence-electron chi connectivity index (χ1n) is 12.4. The first kappa shape index (κ1) is 28.6. The number of hydrogen-bond donors (Lipinski definition) is 1. The Morgan fingerprint density at radius 2 is 1.85 bits per heavy atom. The van der Waals surface area contributed by atoms with Gasteiger partial charge in [-0.3, -0.25) is 14.5 Å². The quantitative estimate of drug-likeness (QED) is 0.0737. The van der Waals surface area contributed by atoms with E-state index in [9.17, 15) is 19.1 Å². The molecule has 1 N–H and O–H groups in total. The van der Waals surface area contributed by atoms with Crippen molar-refractivity contribution in [2.75, 3.05) is 18.6 Å². The normalized spacial score (nSPS) is 16.3. The summed E-state index contributed by atoms with van der Waals surface area (Å²) in [7, 11) is 1.48. The second kappa shape index (κ2) is 12.3. The molecule has 1 amide bonds. The van der Waals surface area contributed by atoms with E-state index in [0.717, 1.165) is 11.3 Å². The number of methoxy groups -OCH3 is 1. The molecule has 3 aromatic carbocycles. The number of ether oxygens (including phenoxy) is 2. The number of carbonyl (C=O) groups excluding carboxylic acids is 2. The van der Waals surface area contributed by atoms with Gasteiger partial charge in [0.25, 0.3) is 5.78 Å². The molecule has 1 atom stereocenters. The number of thioether (sulfide) groups is 1. The standard InChI is InChI=1S/C29H23ClFN3O5S2/c1-3-39-21-13-10-17(14-22(21)38-2)24-23(25(35)16-8-11-19(30)12-9-16)26(36)27(37)34(24)28-32-33-29(41-28)40-15-18-6-4-5-7-20(18)31/h4-14,24,35H,3,15H2,1-2H3/b25-23-. The summed E-state index contributed by atoms with van der Waals surface area (Å²) in [6.45, 7) is 2.24. The molecule has 1 unspecified atom stereocenters. The second-order valence-corrected chi connectivity index (χ2v) is 11.4. The van der Waals surface area contributed by atoms with E-state index in [1.807, 2.05) is 6.92 Å². The topological polar surface area (TPSA) is 102 Å². The molecule has 0 radical (unpaired) electrons. The lowest BCUT2D eigenvalue weighted by molar-refractivity contribution is -0.132. The van der Waals surface area contributed by atoms with Gasteiger partial charge < -0.3 is 14.6 Å². The molecule has 0 bridgehead atoms. The number of amides is 1. The fourth-order valence-corrected chi connectivity index (χ4v) is 6.33. The second-order valence-electron chi connectivity index (χ2n) is 8.75. The van der Waals surface area contributed by atoms with Crippen molar-refractivity contribution < 1.29 is 28.6 Å². The molecule has 5 rings (SSSR count). The third-order valence-electron chi connectivity index (χ3n) is 6.28. The SMILES string of the molecule is CCOc1ccc(C2/C(=C(/O)c3ccc(Cl)cc3)C(=O)C(=O)N2c2nnc(SCc3ccccc3F)s2)cc1OC. The largest absolute Gasteiger partial charge is 0.507 e. The predicted molar refractivity (Wildman–Crippen MR) is 156 cm³/mol. The maximum atomic E-state index is 14.1. The highest BCUT2D eigenvalue weighted by molar-refractivity contribution is 8.00. The van der Waals surface area contributed by atoms with Crippen LogP contribution >= 0.6 is 34.7 Å². The lowest BCUT2D eigenvalue weighted by Crippen LogP contribution is -2.29. The lowest BCUT2D eigenvalue weighted by Gasteiger charge is -2.23. The van der Waals surface area contributed by atoms with Crippen LogP contribution in [0.1, 0.15) is 29.7 Å². The van der Waals surface area contributed by atoms with E-state index in [1.54, 1.807) is 60.7 Å². The van der Waals surface area contributed by atoms with Gasteiger partial charge in [0.05, 0.1) is 25.3 Å². The summed E-state index contributed by atoms with van der Waals surface area (Å²) in [6, 6.07) is 16.7. The van der Waals surface area contributed by atoms with Crippen LogP contribution in [0.5, 0.6) is 11.5 Å². The number of aliphatic hydroxyl groups excluding tert-OH is 1. The summed E-state index contributed by atoms with van der Waals surface area (Å²) in [4.78, 5) is 28.1. The number of rotatable bonds is 9. The van der Waals surface area contributed by atoms with Crippen molar-refractivity contribution in [3.05, 3.63) is 99.8 Å². The Hall–Kier alpha value is -3.93. The van der Waals surface area contributed by atoms with Gasteiger partial charge in [0.1, 0.15) is 11.6 Å². The summed E-state index contributed by atoms with van der Waals surface area (Å²) in [5.41, 5.74) is 1.17. The highest BCUT2D eigenvalue weighted by Gasteiger charge is 2.48. The summed E-state index contributed by atoms with van der Waals surface area (Å²) in [5.74, 6) is -1.28. The van der Waals surface area contributed by atoms with Crippen LogP contribution in [0.4, 0.5) is 9.52 Å². The zero-order valence-corrected chi connectivity index (χ0v) is 24.2. The van der Waals surface area contributed by atoms with Crippen LogP contribution in [0.15, 0.2) is 76.6 Å². The van der Waals surface area contributed by atoms with Gasteiger partial charge in [-0.1, -0.05) is 59.0 Å². The zero-order valence-electron chi connectivity index (χ0n) is 21.8. The Labute approximate surface area is 248 Å². The predicted octanol–water partition coefficient (Wildman–Crippen LogP) is 6.66. The molecule has 1 saturated heterocycles. The fourth-order valence-electron chi connectivity index (χ4n) is 4.35. The minimum Gasteiger partial charge on any atom is -0.507 e. The Bertz CT molecular complexity index is 1640. The lowest BCUT2D eigenvalue weighted by atomic mass is 9.95. The molecule has 2 heterocycles. The average Bonchev–Trinajstić information content (AvgIpc) is 3.55. The molecule has 1 aromatic heterocycles. The summed E-state index contributed by atoms with van der Waals surface area (Å²) in [5, 5.41) is 20.3. The van der Waals surface area contributed by atoms with Gasteiger partial charge in [-0.2, -0.15) is 0 Å². The zero-order chi connectivity index (χ0) is 29.1. The molecule has 1 aliphatic rings. The van der Waals surface area contributed by atoms with Gasteiger partial charge in [0.2, 0.25) is 5.13 Å². The van der Waals surface area contributed by atoms with Gasteiger partial charge >= 0.3 is 5.91 Å². The van der Waals surface area contributed by atoms with Crippen LogP contribution in [0.25, 0.3) is 5.76 Å². The molecule has 1 aliphatic heterocycles. The first-order chi connectivity index (χ1) is 19.8. The number of anilines is 1. The van der Waals surface area contributed by atoms with Crippen molar-refractivity contribution >= 4 is 57.3 Å². The van der Waals surface area contributed by atoms with E-state index in [1.165, 1.54) is 29.8 Å². The minimum absolute atomic E-state index is 0.126. The van der Waals surface area contributed by atoms with Gasteiger partial charge in [0.15, 0.2) is 15.8 Å². The maximum Gasteiger partial charge on any atom is 0.301 e. The van der Waals surface area contributed by atoms with Crippen molar-refractivity contribution in [1.29, 1.82) is 0 Å². The summed E-state index contributed by atoms with van der Waals surface area (Å²) in [6.07, 6.45) is 0. The van der Waals surface area contributed by atoms with Crippen molar-refractivity contribution in [3.8, 4) is 11.5 Å². The number of aromatic nitrogens is 2. The molecule has 1 fully saturated rings. The van der Waals surface area contributed by atoms with Crippen molar-refractivity contribution in [2.24, 2.45) is 0 Å². The molecule has 8 nitrogen and oxygen atoms in total. The Morgan fingerprint density at radius 3 is 2.56 bits per heavy atom. The molecular weight excluding hydrogens is 589 g/mol. The van der Waals surface area contributed by atoms with E-state index in [-0.39, 0.29) is 22.3 Å². The average molecular weight is 612 g/mol. The Kier molecular flexibility index (Phi) is 8.57. The number of hydrogen-bond acceptors (Lipinski definition) is 9.